The molecule has 5 nitrogen and oxygen atoms in total. The zero-order valence-corrected chi connectivity index (χ0v) is 19.4. The number of nitrogens with one attached hydrogen (secondary N) is 1. The standard InChI is InChI=1S/C26H29N5S/c1-2-22(19-10-12-23-24(16-19)28-15-14-27-23)26-31-21(17-32-26)8-4-3-7-20-11-9-18-6-5-13-29-25(18)30-20/h9-12,14-17,22H,2-8,13H2,1H3,(H,29,30). The Hall–Kier alpha value is -2.86. The maximum Gasteiger partial charge on any atom is 0.129 e. The fourth-order valence-electron chi connectivity index (χ4n) is 4.47. The number of hydrogen-bond donors (Lipinski definition) is 1. The molecule has 1 atom stereocenters. The van der Waals surface area contributed by atoms with E-state index in [1.807, 2.05) is 0 Å². The van der Waals surface area contributed by atoms with Crippen molar-refractivity contribution in [1.82, 2.24) is 19.9 Å². The molecule has 0 amide bonds. The fourth-order valence-corrected chi connectivity index (χ4v) is 5.53. The number of aromatic nitrogens is 4. The Morgan fingerprint density at radius 2 is 1.81 bits per heavy atom. The van der Waals surface area contributed by atoms with Gasteiger partial charge in [0, 0.05) is 35.9 Å². The number of rotatable bonds is 8. The summed E-state index contributed by atoms with van der Waals surface area (Å²) >= 11 is 1.78. The minimum absolute atomic E-state index is 0.312. The van der Waals surface area contributed by atoms with Crippen molar-refractivity contribution in [2.24, 2.45) is 0 Å². The predicted molar refractivity (Wildman–Crippen MR) is 131 cm³/mol. The van der Waals surface area contributed by atoms with Crippen LogP contribution in [-0.2, 0) is 19.3 Å². The molecule has 0 fully saturated rings. The van der Waals surface area contributed by atoms with Crippen molar-refractivity contribution in [2.45, 2.75) is 57.8 Å². The lowest BCUT2D eigenvalue weighted by Gasteiger charge is -2.17. The van der Waals surface area contributed by atoms with E-state index in [0.29, 0.717) is 5.92 Å². The molecule has 0 saturated carbocycles. The van der Waals surface area contributed by atoms with E-state index < -0.39 is 0 Å². The highest BCUT2D eigenvalue weighted by molar-refractivity contribution is 7.09. The zero-order chi connectivity index (χ0) is 21.8. The van der Waals surface area contributed by atoms with Crippen molar-refractivity contribution in [2.75, 3.05) is 11.9 Å². The lowest BCUT2D eigenvalue weighted by molar-refractivity contribution is 0.704. The highest BCUT2D eigenvalue weighted by Gasteiger charge is 2.17. The molecule has 1 aromatic carbocycles. The molecule has 0 spiro atoms. The number of pyridine rings is 1. The molecule has 1 aliphatic heterocycles. The van der Waals surface area contributed by atoms with E-state index >= 15 is 0 Å². The van der Waals surface area contributed by atoms with Crippen LogP contribution in [-0.4, -0.2) is 26.5 Å². The molecule has 1 unspecified atom stereocenters. The smallest absolute Gasteiger partial charge is 0.129 e. The average molecular weight is 444 g/mol. The first kappa shape index (κ1) is 21.0. The normalized spacial score (nSPS) is 14.2. The molecular formula is C26H29N5S. The lowest BCUT2D eigenvalue weighted by atomic mass is 9.96. The third-order valence-electron chi connectivity index (χ3n) is 6.24. The van der Waals surface area contributed by atoms with E-state index in [-0.39, 0.29) is 0 Å². The molecule has 0 radical (unpaired) electrons. The quantitative estimate of drug-likeness (QED) is 0.341. The first-order valence-electron chi connectivity index (χ1n) is 11.7. The third-order valence-corrected chi connectivity index (χ3v) is 7.25. The van der Waals surface area contributed by atoms with Crippen LogP contribution in [0, 0.1) is 0 Å². The Balaban J connectivity index is 1.18. The topological polar surface area (TPSA) is 63.6 Å². The van der Waals surface area contributed by atoms with Gasteiger partial charge in [0.2, 0.25) is 0 Å². The van der Waals surface area contributed by atoms with Crippen LogP contribution in [0.25, 0.3) is 11.0 Å². The molecule has 3 aromatic heterocycles. The molecular weight excluding hydrogens is 414 g/mol. The van der Waals surface area contributed by atoms with Crippen LogP contribution in [0.2, 0.25) is 0 Å². The Labute approximate surface area is 193 Å². The second-order valence-electron chi connectivity index (χ2n) is 8.49. The Morgan fingerprint density at radius 3 is 2.69 bits per heavy atom. The summed E-state index contributed by atoms with van der Waals surface area (Å²) < 4.78 is 0. The molecule has 6 heteroatoms. The van der Waals surface area contributed by atoms with Gasteiger partial charge in [-0.3, -0.25) is 9.97 Å². The number of aryl methyl sites for hydroxylation is 3. The maximum absolute atomic E-state index is 5.00. The first-order valence-corrected chi connectivity index (χ1v) is 12.6. The van der Waals surface area contributed by atoms with Crippen molar-refractivity contribution in [3.63, 3.8) is 0 Å². The molecule has 0 aliphatic carbocycles. The van der Waals surface area contributed by atoms with Crippen LogP contribution in [0.4, 0.5) is 5.82 Å². The molecule has 4 aromatic rings. The van der Waals surface area contributed by atoms with Crippen LogP contribution in [0.3, 0.4) is 0 Å². The predicted octanol–water partition coefficient (Wildman–Crippen LogP) is 5.95. The Kier molecular flexibility index (Phi) is 6.39. The van der Waals surface area contributed by atoms with Gasteiger partial charge in [-0.1, -0.05) is 19.1 Å². The highest BCUT2D eigenvalue weighted by Crippen LogP contribution is 2.32. The van der Waals surface area contributed by atoms with Gasteiger partial charge < -0.3 is 5.32 Å². The summed E-state index contributed by atoms with van der Waals surface area (Å²) in [5, 5.41) is 6.87. The molecule has 5 rings (SSSR count). The summed E-state index contributed by atoms with van der Waals surface area (Å²) in [6.45, 7) is 3.27. The van der Waals surface area contributed by atoms with E-state index in [4.69, 9.17) is 9.97 Å². The Morgan fingerprint density at radius 1 is 0.969 bits per heavy atom. The second kappa shape index (κ2) is 9.74. The van der Waals surface area contributed by atoms with Gasteiger partial charge in [-0.25, -0.2) is 9.97 Å². The van der Waals surface area contributed by atoms with Crippen LogP contribution in [0.1, 0.15) is 66.0 Å². The summed E-state index contributed by atoms with van der Waals surface area (Å²) in [5.41, 5.74) is 6.93. The maximum atomic E-state index is 5.00. The van der Waals surface area contributed by atoms with Gasteiger partial charge in [0.25, 0.3) is 0 Å². The third kappa shape index (κ3) is 4.65. The van der Waals surface area contributed by atoms with E-state index in [9.17, 15) is 0 Å². The zero-order valence-electron chi connectivity index (χ0n) is 18.6. The molecule has 4 heterocycles. The fraction of sp³-hybridized carbons (Fsp3) is 0.385. The van der Waals surface area contributed by atoms with Gasteiger partial charge >= 0.3 is 0 Å². The number of fused-ring (bicyclic) bond motifs is 2. The molecule has 32 heavy (non-hydrogen) atoms. The Bertz CT molecular complexity index is 1200. The summed E-state index contributed by atoms with van der Waals surface area (Å²) in [6, 6.07) is 10.9. The largest absolute Gasteiger partial charge is 0.370 e. The molecule has 1 aliphatic rings. The van der Waals surface area contributed by atoms with Gasteiger partial charge in [-0.15, -0.1) is 11.3 Å². The van der Waals surface area contributed by atoms with E-state index in [1.54, 1.807) is 23.7 Å². The molecule has 0 bridgehead atoms. The van der Waals surface area contributed by atoms with Crippen molar-refractivity contribution < 1.29 is 0 Å². The number of nitrogens with zero attached hydrogens (tertiary/aromatic N) is 4. The van der Waals surface area contributed by atoms with Gasteiger partial charge in [-0.05, 0) is 74.3 Å². The van der Waals surface area contributed by atoms with Gasteiger partial charge in [-0.2, -0.15) is 0 Å². The van der Waals surface area contributed by atoms with Crippen molar-refractivity contribution in [3.05, 3.63) is 75.6 Å². The summed E-state index contributed by atoms with van der Waals surface area (Å²) in [6.07, 6.45) is 11.2. The monoisotopic (exact) mass is 443 g/mol. The first-order chi connectivity index (χ1) is 15.8. The minimum atomic E-state index is 0.312. The van der Waals surface area contributed by atoms with E-state index in [0.717, 1.165) is 61.9 Å². The average Bonchev–Trinajstić information content (AvgIpc) is 3.30. The number of hydrogen-bond acceptors (Lipinski definition) is 6. The number of anilines is 1. The molecule has 164 valence electrons. The summed E-state index contributed by atoms with van der Waals surface area (Å²) in [4.78, 5) is 18.7. The highest BCUT2D eigenvalue weighted by atomic mass is 32.1. The second-order valence-corrected chi connectivity index (χ2v) is 9.38. The van der Waals surface area contributed by atoms with Crippen LogP contribution < -0.4 is 5.32 Å². The summed E-state index contributed by atoms with van der Waals surface area (Å²) in [5.74, 6) is 1.41. The van der Waals surface area contributed by atoms with Gasteiger partial charge in [0.05, 0.1) is 16.7 Å². The lowest BCUT2D eigenvalue weighted by Crippen LogP contribution is -2.14. The van der Waals surface area contributed by atoms with Crippen LogP contribution in [0.15, 0.2) is 48.1 Å². The number of benzene rings is 1. The van der Waals surface area contributed by atoms with Crippen molar-refractivity contribution in [1.29, 1.82) is 0 Å². The van der Waals surface area contributed by atoms with Crippen LogP contribution >= 0.6 is 11.3 Å². The van der Waals surface area contributed by atoms with Gasteiger partial charge in [0.1, 0.15) is 10.8 Å². The van der Waals surface area contributed by atoms with E-state index in [2.05, 4.69) is 57.9 Å². The van der Waals surface area contributed by atoms with E-state index in [1.165, 1.54) is 33.9 Å². The number of unbranched alkanes of at least 4 members (excludes halogenated alkanes) is 1. The number of thiazole rings is 1. The SMILES string of the molecule is CCC(c1ccc2nccnc2c1)c1nc(CCCCc2ccc3c(n2)NCCC3)cs1. The van der Waals surface area contributed by atoms with Crippen molar-refractivity contribution >= 4 is 28.2 Å². The van der Waals surface area contributed by atoms with Crippen LogP contribution in [0.5, 0.6) is 0 Å². The minimum Gasteiger partial charge on any atom is -0.370 e. The van der Waals surface area contributed by atoms with Gasteiger partial charge in [0.15, 0.2) is 0 Å². The molecule has 0 saturated heterocycles. The van der Waals surface area contributed by atoms with Crippen molar-refractivity contribution in [3.8, 4) is 0 Å². The molecule has 1 N–H and O–H groups in total. The summed E-state index contributed by atoms with van der Waals surface area (Å²) in [7, 11) is 0.